The van der Waals surface area contributed by atoms with Crippen LogP contribution >= 0.6 is 31.9 Å². The highest BCUT2D eigenvalue weighted by Crippen LogP contribution is 2.21. The predicted molar refractivity (Wildman–Crippen MR) is 99.2 cm³/mol. The zero-order valence-corrected chi connectivity index (χ0v) is 15.9. The number of ether oxygens (including phenoxy) is 1. The molecule has 0 atom stereocenters. The molecule has 1 heterocycles. The summed E-state index contributed by atoms with van der Waals surface area (Å²) in [7, 11) is 0. The first-order chi connectivity index (χ1) is 12.0. The highest BCUT2D eigenvalue weighted by molar-refractivity contribution is 9.10. The van der Waals surface area contributed by atoms with Gasteiger partial charge in [-0.2, -0.15) is 0 Å². The van der Waals surface area contributed by atoms with Crippen LogP contribution in [-0.4, -0.2) is 5.91 Å². The van der Waals surface area contributed by atoms with Crippen LogP contribution in [0.25, 0.3) is 0 Å². The van der Waals surface area contributed by atoms with Crippen molar-refractivity contribution in [1.82, 2.24) is 0 Å². The van der Waals surface area contributed by atoms with E-state index in [0.717, 1.165) is 4.47 Å². The Hall–Kier alpha value is -2.12. The number of hydrogen-bond donors (Lipinski definition) is 1. The summed E-state index contributed by atoms with van der Waals surface area (Å²) in [6.45, 7) is 0.182. The molecule has 2 aromatic carbocycles. The number of halogens is 3. The minimum absolute atomic E-state index is 0.0803. The van der Waals surface area contributed by atoms with Gasteiger partial charge in [-0.25, -0.2) is 4.39 Å². The Morgan fingerprint density at radius 2 is 1.76 bits per heavy atom. The summed E-state index contributed by atoms with van der Waals surface area (Å²) in [6.07, 6.45) is 0. The molecule has 7 heteroatoms. The lowest BCUT2D eigenvalue weighted by molar-refractivity contribution is 0.0992. The first-order valence-corrected chi connectivity index (χ1v) is 8.83. The van der Waals surface area contributed by atoms with E-state index in [-0.39, 0.29) is 18.1 Å². The zero-order valence-electron chi connectivity index (χ0n) is 12.8. The molecule has 0 unspecified atom stereocenters. The second-order valence-corrected chi connectivity index (χ2v) is 6.92. The summed E-state index contributed by atoms with van der Waals surface area (Å²) in [5.74, 6) is 0.188. The Bertz CT molecular complexity index is 894. The maximum atomic E-state index is 13.8. The van der Waals surface area contributed by atoms with E-state index in [0.29, 0.717) is 16.0 Å². The van der Waals surface area contributed by atoms with Crippen molar-refractivity contribution in [2.24, 2.45) is 0 Å². The van der Waals surface area contributed by atoms with Crippen molar-refractivity contribution in [2.75, 3.05) is 5.32 Å². The van der Waals surface area contributed by atoms with Crippen molar-refractivity contribution in [3.8, 4) is 5.75 Å². The molecular weight excluding hydrogens is 457 g/mol. The molecule has 3 rings (SSSR count). The largest absolute Gasteiger partial charge is 0.486 e. The van der Waals surface area contributed by atoms with Gasteiger partial charge in [-0.1, -0.05) is 31.9 Å². The molecule has 1 N–H and O–H groups in total. The quantitative estimate of drug-likeness (QED) is 0.516. The van der Waals surface area contributed by atoms with E-state index in [9.17, 15) is 9.18 Å². The molecule has 0 fully saturated rings. The van der Waals surface area contributed by atoms with E-state index in [1.54, 1.807) is 12.1 Å². The smallest absolute Gasteiger partial charge is 0.291 e. The van der Waals surface area contributed by atoms with Crippen molar-refractivity contribution in [1.29, 1.82) is 0 Å². The number of nitrogens with one attached hydrogen (secondary N) is 1. The Kier molecular flexibility index (Phi) is 5.55. The maximum absolute atomic E-state index is 13.8. The molecule has 0 aliphatic rings. The molecule has 0 aliphatic carbocycles. The van der Waals surface area contributed by atoms with Crippen LogP contribution in [-0.2, 0) is 6.61 Å². The van der Waals surface area contributed by atoms with Gasteiger partial charge in [0.2, 0.25) is 0 Å². The molecule has 3 aromatic rings. The summed E-state index contributed by atoms with van der Waals surface area (Å²) in [5, 5.41) is 2.47. The SMILES string of the molecule is O=C(Nc1ccc(Br)cc1F)c1ccc(COc2ccc(Br)cc2)o1. The van der Waals surface area contributed by atoms with Gasteiger partial charge in [-0.15, -0.1) is 0 Å². The molecule has 0 aliphatic heterocycles. The normalized spacial score (nSPS) is 10.5. The minimum Gasteiger partial charge on any atom is -0.486 e. The molecule has 1 amide bonds. The van der Waals surface area contributed by atoms with Gasteiger partial charge in [0.05, 0.1) is 5.69 Å². The molecule has 128 valence electrons. The summed E-state index contributed by atoms with van der Waals surface area (Å²) in [5.41, 5.74) is 0.0808. The van der Waals surface area contributed by atoms with E-state index in [4.69, 9.17) is 9.15 Å². The third kappa shape index (κ3) is 4.70. The highest BCUT2D eigenvalue weighted by atomic mass is 79.9. The molecule has 4 nitrogen and oxygen atoms in total. The maximum Gasteiger partial charge on any atom is 0.291 e. The number of carbonyl (C=O) groups is 1. The van der Waals surface area contributed by atoms with Crippen LogP contribution in [0.2, 0.25) is 0 Å². The second kappa shape index (κ2) is 7.84. The number of hydrogen-bond acceptors (Lipinski definition) is 3. The number of furan rings is 1. The van der Waals surface area contributed by atoms with Crippen molar-refractivity contribution in [3.63, 3.8) is 0 Å². The van der Waals surface area contributed by atoms with Gasteiger partial charge in [0, 0.05) is 8.95 Å². The Labute approximate surface area is 160 Å². The molecule has 0 saturated carbocycles. The minimum atomic E-state index is -0.534. The van der Waals surface area contributed by atoms with Gasteiger partial charge >= 0.3 is 0 Å². The van der Waals surface area contributed by atoms with Crippen LogP contribution in [0.15, 0.2) is 68.0 Å². The van der Waals surface area contributed by atoms with Gasteiger partial charge in [0.15, 0.2) is 5.76 Å². The zero-order chi connectivity index (χ0) is 17.8. The van der Waals surface area contributed by atoms with Crippen LogP contribution < -0.4 is 10.1 Å². The third-order valence-corrected chi connectivity index (χ3v) is 4.28. The number of rotatable bonds is 5. The van der Waals surface area contributed by atoms with Crippen LogP contribution in [0.4, 0.5) is 10.1 Å². The van der Waals surface area contributed by atoms with Gasteiger partial charge in [0.1, 0.15) is 23.9 Å². The fourth-order valence-electron chi connectivity index (χ4n) is 2.04. The lowest BCUT2D eigenvalue weighted by Crippen LogP contribution is -2.12. The second-order valence-electron chi connectivity index (χ2n) is 5.09. The van der Waals surface area contributed by atoms with Crippen molar-refractivity contribution < 1.29 is 18.3 Å². The number of benzene rings is 2. The summed E-state index contributed by atoms with van der Waals surface area (Å²) in [6, 6.07) is 14.9. The molecular formula is C18H12Br2FNO3. The van der Waals surface area contributed by atoms with Crippen LogP contribution in [0.5, 0.6) is 5.75 Å². The topological polar surface area (TPSA) is 51.5 Å². The van der Waals surface area contributed by atoms with E-state index < -0.39 is 11.7 Å². The van der Waals surface area contributed by atoms with E-state index in [1.807, 2.05) is 24.3 Å². The van der Waals surface area contributed by atoms with Gasteiger partial charge < -0.3 is 14.5 Å². The van der Waals surface area contributed by atoms with Crippen molar-refractivity contribution in [2.45, 2.75) is 6.61 Å². The van der Waals surface area contributed by atoms with E-state index in [1.165, 1.54) is 18.2 Å². The third-order valence-electron chi connectivity index (χ3n) is 3.26. The Balaban J connectivity index is 1.62. The fraction of sp³-hybridized carbons (Fsp3) is 0.0556. The molecule has 0 bridgehead atoms. The number of carbonyl (C=O) groups excluding carboxylic acids is 1. The number of anilines is 1. The Morgan fingerprint density at radius 1 is 1.04 bits per heavy atom. The van der Waals surface area contributed by atoms with E-state index >= 15 is 0 Å². The van der Waals surface area contributed by atoms with Gasteiger partial charge in [0.25, 0.3) is 5.91 Å². The summed E-state index contributed by atoms with van der Waals surface area (Å²) in [4.78, 5) is 12.1. The summed E-state index contributed by atoms with van der Waals surface area (Å²) >= 11 is 6.51. The first-order valence-electron chi connectivity index (χ1n) is 7.25. The highest BCUT2D eigenvalue weighted by Gasteiger charge is 2.14. The summed E-state index contributed by atoms with van der Waals surface area (Å²) < 4.78 is 26.3. The van der Waals surface area contributed by atoms with Crippen LogP contribution in [0.1, 0.15) is 16.3 Å². The standard InChI is InChI=1S/C18H12Br2FNO3/c19-11-1-4-13(5-2-11)24-10-14-6-8-17(25-14)18(23)22-16-7-3-12(20)9-15(16)21/h1-9H,10H2,(H,22,23). The molecule has 0 saturated heterocycles. The predicted octanol–water partition coefficient (Wildman–Crippen LogP) is 5.78. The molecule has 25 heavy (non-hydrogen) atoms. The average molecular weight is 469 g/mol. The van der Waals surface area contributed by atoms with Crippen LogP contribution in [0, 0.1) is 5.82 Å². The first kappa shape index (κ1) is 17.7. The number of amides is 1. The van der Waals surface area contributed by atoms with Gasteiger partial charge in [-0.05, 0) is 54.6 Å². The van der Waals surface area contributed by atoms with Crippen molar-refractivity contribution in [3.05, 3.63) is 80.9 Å². The van der Waals surface area contributed by atoms with Crippen molar-refractivity contribution >= 4 is 43.5 Å². The van der Waals surface area contributed by atoms with E-state index in [2.05, 4.69) is 37.2 Å². The molecule has 0 radical (unpaired) electrons. The molecule has 1 aromatic heterocycles. The monoisotopic (exact) mass is 467 g/mol. The lowest BCUT2D eigenvalue weighted by Gasteiger charge is -2.05. The Morgan fingerprint density at radius 3 is 2.48 bits per heavy atom. The fourth-order valence-corrected chi connectivity index (χ4v) is 2.64. The lowest BCUT2D eigenvalue weighted by atomic mass is 10.3. The molecule has 0 spiro atoms. The average Bonchev–Trinajstić information content (AvgIpc) is 3.06. The van der Waals surface area contributed by atoms with Gasteiger partial charge in [-0.3, -0.25) is 4.79 Å². The van der Waals surface area contributed by atoms with Crippen LogP contribution in [0.3, 0.4) is 0 Å².